The molecule has 2 aromatic rings. The number of rotatable bonds is 11. The first-order chi connectivity index (χ1) is 16.1. The Bertz CT molecular complexity index is 1020. The average Bonchev–Trinajstić information content (AvgIpc) is 2.79. The zero-order valence-electron chi connectivity index (χ0n) is 19.2. The van der Waals surface area contributed by atoms with E-state index in [1.54, 1.807) is 0 Å². The fourth-order valence-corrected chi connectivity index (χ4v) is 3.03. The molecular formula is C24H30N2O8. The van der Waals surface area contributed by atoms with E-state index in [4.69, 9.17) is 4.74 Å². The second-order valence-electron chi connectivity index (χ2n) is 8.11. The molecule has 0 fully saturated rings. The van der Waals surface area contributed by atoms with Gasteiger partial charge >= 0.3 is 5.97 Å². The van der Waals surface area contributed by atoms with E-state index in [0.29, 0.717) is 12.8 Å². The van der Waals surface area contributed by atoms with Crippen molar-refractivity contribution >= 4 is 17.8 Å². The molecule has 0 radical (unpaired) electrons. The van der Waals surface area contributed by atoms with Crippen LogP contribution in [-0.2, 0) is 9.53 Å². The normalized spacial score (nSPS) is 10.7. The molecule has 2 rings (SSSR count). The Kier molecular flexibility index (Phi) is 9.54. The third-order valence-electron chi connectivity index (χ3n) is 4.83. The molecule has 2 aromatic carbocycles. The third kappa shape index (κ3) is 7.29. The molecule has 2 amide bonds. The van der Waals surface area contributed by atoms with Crippen molar-refractivity contribution in [3.8, 4) is 23.0 Å². The first kappa shape index (κ1) is 26.3. The minimum atomic E-state index is -0.649. The van der Waals surface area contributed by atoms with Crippen LogP contribution in [0.15, 0.2) is 36.4 Å². The van der Waals surface area contributed by atoms with Gasteiger partial charge < -0.3 is 35.4 Å². The Labute approximate surface area is 197 Å². The number of aromatic hydroxyl groups is 4. The second kappa shape index (κ2) is 12.3. The molecule has 0 aromatic heterocycles. The average molecular weight is 475 g/mol. The van der Waals surface area contributed by atoms with E-state index in [2.05, 4.69) is 5.32 Å². The number of ether oxygens (including phenoxy) is 1. The van der Waals surface area contributed by atoms with Crippen LogP contribution < -0.4 is 5.32 Å². The van der Waals surface area contributed by atoms with Crippen molar-refractivity contribution in [3.05, 3.63) is 47.5 Å². The van der Waals surface area contributed by atoms with Crippen LogP contribution in [-0.4, -0.2) is 69.4 Å². The second-order valence-corrected chi connectivity index (χ2v) is 8.11. The molecule has 0 aliphatic rings. The Balaban J connectivity index is 1.97. The van der Waals surface area contributed by atoms with E-state index in [0.717, 1.165) is 0 Å². The van der Waals surface area contributed by atoms with Gasteiger partial charge in [0.05, 0.1) is 17.7 Å². The molecule has 0 unspecified atom stereocenters. The van der Waals surface area contributed by atoms with Crippen LogP contribution in [0.1, 0.15) is 47.4 Å². The summed E-state index contributed by atoms with van der Waals surface area (Å²) < 4.78 is 5.16. The predicted molar refractivity (Wildman–Crippen MR) is 123 cm³/mol. The number of hydrogen-bond donors (Lipinski definition) is 5. The first-order valence-electron chi connectivity index (χ1n) is 10.9. The number of nitrogens with zero attached hydrogens (tertiary/aromatic N) is 1. The molecule has 10 nitrogen and oxygen atoms in total. The summed E-state index contributed by atoms with van der Waals surface area (Å²) in [5.41, 5.74) is -0.214. The van der Waals surface area contributed by atoms with E-state index in [1.807, 2.05) is 13.8 Å². The lowest BCUT2D eigenvalue weighted by Gasteiger charge is -2.23. The number of amides is 2. The summed E-state index contributed by atoms with van der Waals surface area (Å²) in [6, 6.07) is 8.04. The molecule has 0 spiro atoms. The lowest BCUT2D eigenvalue weighted by molar-refractivity contribution is -0.145. The summed E-state index contributed by atoms with van der Waals surface area (Å²) in [4.78, 5) is 38.6. The molecule has 0 aliphatic carbocycles. The van der Waals surface area contributed by atoms with Crippen LogP contribution in [0.5, 0.6) is 23.0 Å². The summed E-state index contributed by atoms with van der Waals surface area (Å²) in [6.45, 7) is 3.96. The monoisotopic (exact) mass is 474 g/mol. The summed E-state index contributed by atoms with van der Waals surface area (Å²) in [6.07, 6.45) is 0.831. The summed E-state index contributed by atoms with van der Waals surface area (Å²) in [5, 5.41) is 41.6. The minimum absolute atomic E-state index is 0.0657. The van der Waals surface area contributed by atoms with E-state index in [9.17, 15) is 34.8 Å². The highest BCUT2D eigenvalue weighted by Crippen LogP contribution is 2.29. The van der Waals surface area contributed by atoms with Gasteiger partial charge in [-0.05, 0) is 43.0 Å². The third-order valence-corrected chi connectivity index (χ3v) is 4.83. The van der Waals surface area contributed by atoms with Crippen LogP contribution in [0, 0.1) is 5.92 Å². The van der Waals surface area contributed by atoms with Crippen molar-refractivity contribution in [2.75, 3.05) is 26.2 Å². The van der Waals surface area contributed by atoms with Crippen molar-refractivity contribution in [3.63, 3.8) is 0 Å². The van der Waals surface area contributed by atoms with Gasteiger partial charge in [-0.3, -0.25) is 14.4 Å². The Hall–Kier alpha value is -3.95. The van der Waals surface area contributed by atoms with Crippen molar-refractivity contribution in [1.82, 2.24) is 10.2 Å². The Morgan fingerprint density at radius 1 is 0.912 bits per heavy atom. The molecule has 5 N–H and O–H groups in total. The van der Waals surface area contributed by atoms with Gasteiger partial charge in [0.15, 0.2) is 23.0 Å². The highest BCUT2D eigenvalue weighted by Gasteiger charge is 2.23. The molecule has 0 bridgehead atoms. The van der Waals surface area contributed by atoms with Crippen molar-refractivity contribution in [1.29, 1.82) is 0 Å². The van der Waals surface area contributed by atoms with Gasteiger partial charge in [-0.25, -0.2) is 0 Å². The summed E-state index contributed by atoms with van der Waals surface area (Å²) in [5.74, 6) is -3.64. The number of hydrogen-bond acceptors (Lipinski definition) is 8. The maximum absolute atomic E-state index is 12.9. The molecule has 0 saturated heterocycles. The molecule has 0 atom stereocenters. The number of unbranched alkanes of at least 4 members (excludes halogenated alkanes) is 1. The van der Waals surface area contributed by atoms with Gasteiger partial charge in [-0.2, -0.15) is 0 Å². The van der Waals surface area contributed by atoms with Crippen molar-refractivity contribution in [2.24, 2.45) is 5.92 Å². The van der Waals surface area contributed by atoms with Crippen LogP contribution in [0.4, 0.5) is 0 Å². The van der Waals surface area contributed by atoms with Gasteiger partial charge in [0.1, 0.15) is 6.54 Å². The van der Waals surface area contributed by atoms with E-state index in [1.165, 1.54) is 41.3 Å². The highest BCUT2D eigenvalue weighted by molar-refractivity contribution is 5.99. The molecule has 184 valence electrons. The number of nitrogens with one attached hydrogen (secondary N) is 1. The largest absolute Gasteiger partial charge is 0.504 e. The van der Waals surface area contributed by atoms with Crippen molar-refractivity contribution < 1.29 is 39.5 Å². The molecule has 0 saturated carbocycles. The predicted octanol–water partition coefficient (Wildman–Crippen LogP) is 2.36. The number of carbonyl (C=O) groups excluding carboxylic acids is 3. The molecule has 34 heavy (non-hydrogen) atoms. The van der Waals surface area contributed by atoms with Crippen molar-refractivity contribution in [2.45, 2.75) is 26.7 Å². The fourth-order valence-electron chi connectivity index (χ4n) is 3.03. The van der Waals surface area contributed by atoms with Crippen LogP contribution in [0.2, 0.25) is 0 Å². The van der Waals surface area contributed by atoms with Gasteiger partial charge in [0.25, 0.3) is 11.8 Å². The molecule has 0 aliphatic heterocycles. The first-order valence-corrected chi connectivity index (χ1v) is 10.9. The van der Waals surface area contributed by atoms with Crippen LogP contribution in [0.25, 0.3) is 0 Å². The maximum atomic E-state index is 12.9. The maximum Gasteiger partial charge on any atom is 0.325 e. The van der Waals surface area contributed by atoms with E-state index >= 15 is 0 Å². The number of benzene rings is 2. The number of phenols is 4. The van der Waals surface area contributed by atoms with Gasteiger partial charge in [0, 0.05) is 13.1 Å². The quantitative estimate of drug-likeness (QED) is 0.189. The van der Waals surface area contributed by atoms with E-state index in [-0.39, 0.29) is 43.3 Å². The molecular weight excluding hydrogens is 444 g/mol. The summed E-state index contributed by atoms with van der Waals surface area (Å²) >= 11 is 0. The summed E-state index contributed by atoms with van der Waals surface area (Å²) in [7, 11) is 0. The topological polar surface area (TPSA) is 157 Å². The lowest BCUT2D eigenvalue weighted by Crippen LogP contribution is -2.38. The fraction of sp³-hybridized carbons (Fsp3) is 0.375. The van der Waals surface area contributed by atoms with Crippen LogP contribution >= 0.6 is 0 Å². The zero-order valence-corrected chi connectivity index (χ0v) is 19.2. The Morgan fingerprint density at radius 3 is 2.12 bits per heavy atom. The number of carbonyl (C=O) groups is 3. The van der Waals surface area contributed by atoms with E-state index < -0.39 is 40.8 Å². The van der Waals surface area contributed by atoms with Crippen LogP contribution in [0.3, 0.4) is 0 Å². The van der Waals surface area contributed by atoms with Gasteiger partial charge in [0.2, 0.25) is 0 Å². The minimum Gasteiger partial charge on any atom is -0.504 e. The van der Waals surface area contributed by atoms with Gasteiger partial charge in [-0.15, -0.1) is 0 Å². The SMILES string of the molecule is CC(C)COC(=O)CN(CCCCNC(=O)c1cccc(O)c1O)C(=O)c1cccc(O)c1O. The standard InChI is InChI=1S/C24H30N2O8/c1-15(2)14-34-20(29)13-26(24(33)17-8-6-10-19(28)22(17)31)12-4-3-11-25-23(32)16-7-5-9-18(27)21(16)30/h5-10,15,27-28,30-31H,3-4,11-14H2,1-2H3,(H,25,32). The zero-order chi connectivity index (χ0) is 25.3. The number of phenolic OH excluding ortho intramolecular Hbond substituents is 4. The van der Waals surface area contributed by atoms with Gasteiger partial charge in [-0.1, -0.05) is 26.0 Å². The highest BCUT2D eigenvalue weighted by atomic mass is 16.5. The lowest BCUT2D eigenvalue weighted by atomic mass is 10.1. The molecule has 0 heterocycles. The smallest absolute Gasteiger partial charge is 0.325 e. The molecule has 10 heteroatoms. The number of para-hydroxylation sites is 2. The Morgan fingerprint density at radius 2 is 1.50 bits per heavy atom. The number of esters is 1.